The number of hydrogen-bond acceptors (Lipinski definition) is 3. The molecule has 3 rings (SSSR count). The number of nitrogens with one attached hydrogen (secondary N) is 2. The van der Waals surface area contributed by atoms with Crippen molar-refractivity contribution in [1.29, 1.82) is 0 Å². The first kappa shape index (κ1) is 16.6. The highest BCUT2D eigenvalue weighted by Gasteiger charge is 2.21. The molecule has 5 heteroatoms. The van der Waals surface area contributed by atoms with Crippen LogP contribution in [0.5, 0.6) is 0 Å². The van der Waals surface area contributed by atoms with Crippen molar-refractivity contribution in [2.24, 2.45) is 0 Å². The van der Waals surface area contributed by atoms with E-state index >= 15 is 0 Å². The fourth-order valence-electron chi connectivity index (χ4n) is 2.67. The smallest absolute Gasteiger partial charge is 0.126 e. The van der Waals surface area contributed by atoms with Gasteiger partial charge in [0.25, 0.3) is 0 Å². The van der Waals surface area contributed by atoms with Crippen LogP contribution in [-0.4, -0.2) is 16.0 Å². The lowest BCUT2D eigenvalue weighted by molar-refractivity contribution is 0.627. The Hall–Kier alpha value is -2.27. The van der Waals surface area contributed by atoms with E-state index in [2.05, 4.69) is 29.5 Å². The average Bonchev–Trinajstić information content (AvgIpc) is 2.97. The van der Waals surface area contributed by atoms with E-state index in [1.54, 1.807) is 18.3 Å². The second-order valence-corrected chi connectivity index (χ2v) is 6.46. The first-order valence-electron chi connectivity index (χ1n) is 8.08. The zero-order chi connectivity index (χ0) is 17.1. The second-order valence-electron chi connectivity index (χ2n) is 5.97. The molecule has 0 fully saturated rings. The summed E-state index contributed by atoms with van der Waals surface area (Å²) in [6.07, 6.45) is 3.48. The summed E-state index contributed by atoms with van der Waals surface area (Å²) in [6.45, 7) is 4.26. The maximum Gasteiger partial charge on any atom is 0.126 e. The molecule has 2 heterocycles. The second kappa shape index (κ2) is 7.09. The Balaban J connectivity index is 1.98. The van der Waals surface area contributed by atoms with Gasteiger partial charge >= 0.3 is 0 Å². The van der Waals surface area contributed by atoms with Crippen LogP contribution in [0.15, 0.2) is 42.6 Å². The summed E-state index contributed by atoms with van der Waals surface area (Å²) < 4.78 is 13.2. The third-order valence-electron chi connectivity index (χ3n) is 4.15. The number of pyridine rings is 1. The number of halogens is 1. The zero-order valence-corrected chi connectivity index (χ0v) is 14.6. The Morgan fingerprint density at radius 3 is 2.71 bits per heavy atom. The minimum absolute atomic E-state index is 0.238. The van der Waals surface area contributed by atoms with E-state index in [1.807, 2.05) is 12.1 Å². The molecule has 1 aromatic heterocycles. The molecule has 0 saturated heterocycles. The number of aromatic nitrogens is 1. The molecule has 1 aliphatic rings. The highest BCUT2D eigenvalue weighted by Crippen LogP contribution is 2.33. The minimum atomic E-state index is -0.238. The van der Waals surface area contributed by atoms with Gasteiger partial charge in [-0.05, 0) is 48.7 Å². The Morgan fingerprint density at radius 2 is 2.00 bits per heavy atom. The van der Waals surface area contributed by atoms with Gasteiger partial charge < -0.3 is 10.6 Å². The Bertz CT molecular complexity index is 783. The molecule has 2 N–H and O–H groups in total. The summed E-state index contributed by atoms with van der Waals surface area (Å²) in [6, 6.07) is 10.9. The lowest BCUT2D eigenvalue weighted by atomic mass is 10.00. The molecule has 124 valence electrons. The van der Waals surface area contributed by atoms with E-state index in [4.69, 9.17) is 12.2 Å². The highest BCUT2D eigenvalue weighted by molar-refractivity contribution is 7.80. The Labute approximate surface area is 147 Å². The molecule has 1 aliphatic heterocycles. The number of anilines is 1. The van der Waals surface area contributed by atoms with E-state index in [-0.39, 0.29) is 5.82 Å². The number of benzene rings is 1. The van der Waals surface area contributed by atoms with Crippen LogP contribution < -0.4 is 10.6 Å². The topological polar surface area (TPSA) is 37.0 Å². The normalized spacial score (nSPS) is 15.4. The van der Waals surface area contributed by atoms with Crippen LogP contribution in [0.1, 0.15) is 37.8 Å². The fourth-order valence-corrected chi connectivity index (χ4v) is 2.92. The molecular formula is C19H20FN3S. The Kier molecular flexibility index (Phi) is 4.90. The summed E-state index contributed by atoms with van der Waals surface area (Å²) in [4.78, 5) is 5.16. The van der Waals surface area contributed by atoms with Crippen LogP contribution in [0.25, 0.3) is 11.3 Å². The predicted octanol–water partition coefficient (Wildman–Crippen LogP) is 4.62. The van der Waals surface area contributed by atoms with E-state index in [0.717, 1.165) is 39.6 Å². The maximum atomic E-state index is 13.2. The molecular weight excluding hydrogens is 321 g/mol. The van der Waals surface area contributed by atoms with Gasteiger partial charge in [-0.25, -0.2) is 9.37 Å². The lowest BCUT2D eigenvalue weighted by Crippen LogP contribution is -2.15. The summed E-state index contributed by atoms with van der Waals surface area (Å²) in [5, 5.41) is 6.67. The van der Waals surface area contributed by atoms with Gasteiger partial charge in [-0.15, -0.1) is 0 Å². The van der Waals surface area contributed by atoms with Crippen molar-refractivity contribution in [3.8, 4) is 0 Å². The van der Waals surface area contributed by atoms with Crippen molar-refractivity contribution in [2.45, 2.75) is 32.7 Å². The van der Waals surface area contributed by atoms with Gasteiger partial charge in [0.1, 0.15) is 11.6 Å². The van der Waals surface area contributed by atoms with Crippen molar-refractivity contribution in [2.75, 3.05) is 5.32 Å². The SMILES string of the molecule is CCC(C)Nc1cc(C2=C(c3ccc(F)cc3)CC(=S)N2)ccn1. The van der Waals surface area contributed by atoms with E-state index in [9.17, 15) is 4.39 Å². The van der Waals surface area contributed by atoms with Crippen LogP contribution >= 0.6 is 12.2 Å². The van der Waals surface area contributed by atoms with Crippen molar-refractivity contribution >= 4 is 34.3 Å². The van der Waals surface area contributed by atoms with Gasteiger partial charge in [0.2, 0.25) is 0 Å². The van der Waals surface area contributed by atoms with Gasteiger partial charge in [-0.2, -0.15) is 0 Å². The number of hydrogen-bond donors (Lipinski definition) is 2. The molecule has 0 amide bonds. The molecule has 3 nitrogen and oxygen atoms in total. The van der Waals surface area contributed by atoms with Crippen molar-refractivity contribution in [3.05, 3.63) is 59.5 Å². The van der Waals surface area contributed by atoms with Crippen LogP contribution in [0.4, 0.5) is 10.2 Å². The monoisotopic (exact) mass is 341 g/mol. The third kappa shape index (κ3) is 3.62. The molecule has 0 radical (unpaired) electrons. The maximum absolute atomic E-state index is 13.2. The van der Waals surface area contributed by atoms with Gasteiger partial charge in [-0.3, -0.25) is 0 Å². The van der Waals surface area contributed by atoms with E-state index < -0.39 is 0 Å². The Morgan fingerprint density at radius 1 is 1.25 bits per heavy atom. The molecule has 0 bridgehead atoms. The number of nitrogens with zero attached hydrogens (tertiary/aromatic N) is 1. The lowest BCUT2D eigenvalue weighted by Gasteiger charge is -2.14. The molecule has 24 heavy (non-hydrogen) atoms. The molecule has 0 spiro atoms. The number of rotatable bonds is 5. The summed E-state index contributed by atoms with van der Waals surface area (Å²) in [7, 11) is 0. The summed E-state index contributed by atoms with van der Waals surface area (Å²) in [5.41, 5.74) is 4.06. The molecule has 0 saturated carbocycles. The molecule has 1 atom stereocenters. The van der Waals surface area contributed by atoms with Crippen molar-refractivity contribution < 1.29 is 4.39 Å². The van der Waals surface area contributed by atoms with Gasteiger partial charge in [0.05, 0.1) is 10.7 Å². The first-order chi connectivity index (χ1) is 11.6. The van der Waals surface area contributed by atoms with Crippen molar-refractivity contribution in [3.63, 3.8) is 0 Å². The zero-order valence-electron chi connectivity index (χ0n) is 13.8. The quantitative estimate of drug-likeness (QED) is 0.778. The first-order valence-corrected chi connectivity index (χ1v) is 8.49. The fraction of sp³-hybridized carbons (Fsp3) is 0.263. The molecule has 1 unspecified atom stereocenters. The van der Waals surface area contributed by atoms with Crippen molar-refractivity contribution in [1.82, 2.24) is 10.3 Å². The molecule has 0 aliphatic carbocycles. The van der Waals surface area contributed by atoms with Crippen LogP contribution in [0.3, 0.4) is 0 Å². The van der Waals surface area contributed by atoms with Gasteiger partial charge in [-0.1, -0.05) is 31.3 Å². The summed E-state index contributed by atoms with van der Waals surface area (Å²) in [5.74, 6) is 0.603. The average molecular weight is 341 g/mol. The van der Waals surface area contributed by atoms with E-state index in [1.165, 1.54) is 12.1 Å². The standard InChI is InChI=1S/C19H20FN3S/c1-3-12(2)22-17-10-14(8-9-21-17)19-16(11-18(24)23-19)13-4-6-15(20)7-5-13/h4-10,12H,3,11H2,1-2H3,(H,21,22)(H,23,24). The van der Waals surface area contributed by atoms with Gasteiger partial charge in [0.15, 0.2) is 0 Å². The molecule has 2 aromatic rings. The van der Waals surface area contributed by atoms with Crippen LogP contribution in [0.2, 0.25) is 0 Å². The largest absolute Gasteiger partial charge is 0.368 e. The summed E-state index contributed by atoms with van der Waals surface area (Å²) >= 11 is 5.36. The molecule has 1 aromatic carbocycles. The van der Waals surface area contributed by atoms with E-state index in [0.29, 0.717) is 12.5 Å². The van der Waals surface area contributed by atoms with Crippen LogP contribution in [0, 0.1) is 5.82 Å². The van der Waals surface area contributed by atoms with Crippen LogP contribution in [-0.2, 0) is 0 Å². The third-order valence-corrected chi connectivity index (χ3v) is 4.40. The van der Waals surface area contributed by atoms with Gasteiger partial charge in [0, 0.05) is 24.2 Å². The minimum Gasteiger partial charge on any atom is -0.368 e. The number of thiocarbonyl (C=S) groups is 1. The predicted molar refractivity (Wildman–Crippen MR) is 101 cm³/mol. The highest BCUT2D eigenvalue weighted by atomic mass is 32.1.